The van der Waals surface area contributed by atoms with E-state index in [1.807, 2.05) is 6.07 Å². The van der Waals surface area contributed by atoms with Crippen molar-refractivity contribution >= 4 is 29.7 Å². The zero-order chi connectivity index (χ0) is 11.4. The fourth-order valence-corrected chi connectivity index (χ4v) is 2.34. The molecular weight excluding hydrogens is 246 g/mol. The number of nitrogens with two attached hydrogens (primary N) is 1. The van der Waals surface area contributed by atoms with E-state index in [9.17, 15) is 4.79 Å². The summed E-state index contributed by atoms with van der Waals surface area (Å²) in [6, 6.07) is 3.57. The average Bonchev–Trinajstić information content (AvgIpc) is 2.65. The Hall–Kier alpha value is -0.580. The summed E-state index contributed by atoms with van der Waals surface area (Å²) in [6.45, 7) is 4.30. The van der Waals surface area contributed by atoms with E-state index in [1.165, 1.54) is 12.0 Å². The molecule has 0 fully saturated rings. The highest BCUT2D eigenvalue weighted by molar-refractivity contribution is 7.12. The van der Waals surface area contributed by atoms with Crippen molar-refractivity contribution in [3.05, 3.63) is 21.9 Å². The number of rotatable bonds is 4. The van der Waals surface area contributed by atoms with Gasteiger partial charge in [-0.3, -0.25) is 4.79 Å². The molecule has 0 radical (unpaired) electrons. The minimum atomic E-state index is -0.548. The van der Waals surface area contributed by atoms with Crippen molar-refractivity contribution in [2.75, 3.05) is 7.11 Å². The third-order valence-corrected chi connectivity index (χ3v) is 3.58. The Kier molecular flexibility index (Phi) is 6.64. The van der Waals surface area contributed by atoms with Gasteiger partial charge in [-0.15, -0.1) is 23.7 Å². The lowest BCUT2D eigenvalue weighted by molar-refractivity contribution is -0.142. The van der Waals surface area contributed by atoms with Crippen molar-refractivity contribution in [1.82, 2.24) is 0 Å². The van der Waals surface area contributed by atoms with Crippen LogP contribution in [-0.2, 0) is 16.0 Å². The van der Waals surface area contributed by atoms with Crippen molar-refractivity contribution < 1.29 is 9.53 Å². The first-order valence-corrected chi connectivity index (χ1v) is 5.78. The third-order valence-electron chi connectivity index (χ3n) is 2.18. The summed E-state index contributed by atoms with van der Waals surface area (Å²) in [7, 11) is 1.36. The fourth-order valence-electron chi connectivity index (χ4n) is 1.27. The summed E-state index contributed by atoms with van der Waals surface area (Å²) in [5.41, 5.74) is 5.68. The normalized spacial score (nSPS) is 12.1. The molecule has 1 aromatic rings. The maximum Gasteiger partial charge on any atom is 0.323 e. The fraction of sp³-hybridized carbons (Fsp3) is 0.545. The molecule has 0 amide bonds. The number of hydrogen-bond donors (Lipinski definition) is 1. The summed E-state index contributed by atoms with van der Waals surface area (Å²) in [5.74, 6) is 0.174. The SMILES string of the molecule is COC(=O)[C@H](N)Cc1ccc(C(C)C)s1.Cl. The van der Waals surface area contributed by atoms with E-state index in [0.717, 1.165) is 4.88 Å². The van der Waals surface area contributed by atoms with Crippen molar-refractivity contribution in [3.63, 3.8) is 0 Å². The van der Waals surface area contributed by atoms with Crippen LogP contribution in [0.4, 0.5) is 0 Å². The minimum Gasteiger partial charge on any atom is -0.468 e. The van der Waals surface area contributed by atoms with Crippen molar-refractivity contribution in [2.24, 2.45) is 5.73 Å². The molecule has 92 valence electrons. The predicted octanol–water partition coefficient (Wildman–Crippen LogP) is 2.34. The van der Waals surface area contributed by atoms with E-state index < -0.39 is 6.04 Å². The van der Waals surface area contributed by atoms with Gasteiger partial charge in [-0.25, -0.2) is 0 Å². The molecule has 16 heavy (non-hydrogen) atoms. The summed E-state index contributed by atoms with van der Waals surface area (Å²) in [5, 5.41) is 0. The van der Waals surface area contributed by atoms with Crippen molar-refractivity contribution in [2.45, 2.75) is 32.2 Å². The zero-order valence-corrected chi connectivity index (χ0v) is 11.4. The van der Waals surface area contributed by atoms with Crippen LogP contribution >= 0.6 is 23.7 Å². The van der Waals surface area contributed by atoms with Crippen LogP contribution in [0.25, 0.3) is 0 Å². The summed E-state index contributed by atoms with van der Waals surface area (Å²) in [6.07, 6.45) is 0.560. The molecule has 0 saturated heterocycles. The lowest BCUT2D eigenvalue weighted by atomic mass is 10.1. The molecule has 5 heteroatoms. The van der Waals surface area contributed by atoms with Crippen molar-refractivity contribution in [3.8, 4) is 0 Å². The zero-order valence-electron chi connectivity index (χ0n) is 9.73. The average molecular weight is 264 g/mol. The molecule has 3 nitrogen and oxygen atoms in total. The first kappa shape index (κ1) is 15.4. The number of hydrogen-bond acceptors (Lipinski definition) is 4. The minimum absolute atomic E-state index is 0. The van der Waals surface area contributed by atoms with Gasteiger partial charge in [0.2, 0.25) is 0 Å². The Morgan fingerprint density at radius 3 is 2.56 bits per heavy atom. The molecular formula is C11H18ClNO2S. The largest absolute Gasteiger partial charge is 0.468 e. The van der Waals surface area contributed by atoms with E-state index in [1.54, 1.807) is 11.3 Å². The molecule has 0 aliphatic carbocycles. The Morgan fingerprint density at radius 2 is 2.12 bits per heavy atom. The van der Waals surface area contributed by atoms with E-state index in [0.29, 0.717) is 12.3 Å². The maximum atomic E-state index is 11.1. The van der Waals surface area contributed by atoms with Crippen LogP contribution in [-0.4, -0.2) is 19.1 Å². The van der Waals surface area contributed by atoms with E-state index in [-0.39, 0.29) is 18.4 Å². The highest BCUT2D eigenvalue weighted by atomic mass is 35.5. The topological polar surface area (TPSA) is 52.3 Å². The van der Waals surface area contributed by atoms with Gasteiger partial charge in [0.15, 0.2) is 0 Å². The van der Waals surface area contributed by atoms with Crippen molar-refractivity contribution in [1.29, 1.82) is 0 Å². The number of esters is 1. The first-order chi connectivity index (χ1) is 7.04. The van der Waals surface area contributed by atoms with Gasteiger partial charge in [-0.05, 0) is 18.1 Å². The van der Waals surface area contributed by atoms with Gasteiger partial charge in [-0.1, -0.05) is 13.8 Å². The van der Waals surface area contributed by atoms with E-state index in [4.69, 9.17) is 5.73 Å². The second kappa shape index (κ2) is 6.89. The Labute approximate surface area is 106 Å². The van der Waals surface area contributed by atoms with Crippen LogP contribution in [0.1, 0.15) is 29.5 Å². The molecule has 1 aromatic heterocycles. The highest BCUT2D eigenvalue weighted by Crippen LogP contribution is 2.24. The molecule has 0 aliphatic heterocycles. The first-order valence-electron chi connectivity index (χ1n) is 4.96. The molecule has 1 heterocycles. The number of methoxy groups -OCH3 is 1. The van der Waals surface area contributed by atoms with Crippen LogP contribution in [0.3, 0.4) is 0 Å². The number of carbonyl (C=O) groups is 1. The number of ether oxygens (including phenoxy) is 1. The Bertz CT molecular complexity index is 338. The Balaban J connectivity index is 0.00000225. The summed E-state index contributed by atoms with van der Waals surface area (Å²) in [4.78, 5) is 13.6. The van der Waals surface area contributed by atoms with E-state index in [2.05, 4.69) is 24.7 Å². The quantitative estimate of drug-likeness (QED) is 0.849. The third kappa shape index (κ3) is 4.12. The van der Waals surface area contributed by atoms with Gasteiger partial charge in [-0.2, -0.15) is 0 Å². The van der Waals surface area contributed by atoms with Crippen LogP contribution in [0, 0.1) is 0 Å². The van der Waals surface area contributed by atoms with Crippen LogP contribution in [0.15, 0.2) is 12.1 Å². The van der Waals surface area contributed by atoms with Crippen LogP contribution in [0.2, 0.25) is 0 Å². The lowest BCUT2D eigenvalue weighted by Gasteiger charge is -2.06. The molecule has 0 unspecified atom stereocenters. The van der Waals surface area contributed by atoms with E-state index >= 15 is 0 Å². The molecule has 0 bridgehead atoms. The van der Waals surface area contributed by atoms with Gasteiger partial charge in [0.1, 0.15) is 6.04 Å². The second-order valence-corrected chi connectivity index (χ2v) is 4.99. The Morgan fingerprint density at radius 1 is 1.50 bits per heavy atom. The monoisotopic (exact) mass is 263 g/mol. The number of carbonyl (C=O) groups excluding carboxylic acids is 1. The van der Waals surface area contributed by atoms with Crippen LogP contribution < -0.4 is 5.73 Å². The molecule has 0 spiro atoms. The van der Waals surface area contributed by atoms with Gasteiger partial charge in [0.25, 0.3) is 0 Å². The summed E-state index contributed by atoms with van der Waals surface area (Å²) < 4.78 is 4.58. The maximum absolute atomic E-state index is 11.1. The molecule has 0 saturated carbocycles. The number of halogens is 1. The van der Waals surface area contributed by atoms with Gasteiger partial charge in [0.05, 0.1) is 7.11 Å². The highest BCUT2D eigenvalue weighted by Gasteiger charge is 2.15. The molecule has 1 atom stereocenters. The van der Waals surface area contributed by atoms with Crippen LogP contribution in [0.5, 0.6) is 0 Å². The lowest BCUT2D eigenvalue weighted by Crippen LogP contribution is -2.33. The standard InChI is InChI=1S/C11H17NO2S.ClH/c1-7(2)10-5-4-8(15-10)6-9(12)11(13)14-3;/h4-5,7,9H,6,12H2,1-3H3;1H/t9-;/m1./s1. The summed E-state index contributed by atoms with van der Waals surface area (Å²) >= 11 is 1.71. The molecule has 0 aliphatic rings. The van der Waals surface area contributed by atoms with Gasteiger partial charge < -0.3 is 10.5 Å². The molecule has 2 N–H and O–H groups in total. The molecule has 1 rings (SSSR count). The van der Waals surface area contributed by atoms with Gasteiger partial charge in [0, 0.05) is 16.2 Å². The molecule has 0 aromatic carbocycles. The second-order valence-electron chi connectivity index (χ2n) is 3.79. The predicted molar refractivity (Wildman–Crippen MR) is 69.4 cm³/mol. The smallest absolute Gasteiger partial charge is 0.323 e. The van der Waals surface area contributed by atoms with Gasteiger partial charge >= 0.3 is 5.97 Å². The number of thiophene rings is 1.